The molecule has 2 heteroatoms. The summed E-state index contributed by atoms with van der Waals surface area (Å²) in [6.45, 7) is 15.3. The molecule has 0 radical (unpaired) electrons. The number of nitrogens with zero attached hydrogens (tertiary/aromatic N) is 1. The molecular formula is C12H19NO. The molecule has 0 amide bonds. The fourth-order valence-electron chi connectivity index (χ4n) is 0.797. The van der Waals surface area contributed by atoms with Crippen LogP contribution in [0.1, 0.15) is 25.0 Å². The van der Waals surface area contributed by atoms with Gasteiger partial charge in [-0.05, 0) is 18.6 Å². The molecule has 14 heavy (non-hydrogen) atoms. The highest BCUT2D eigenvalue weighted by Gasteiger charge is 1.97. The third-order valence-corrected chi connectivity index (χ3v) is 1.33. The maximum Gasteiger partial charge on any atom is 0.116 e. The lowest BCUT2D eigenvalue weighted by Gasteiger charge is -1.99. The summed E-state index contributed by atoms with van der Waals surface area (Å²) >= 11 is 0. The molecule has 1 aromatic rings. The quantitative estimate of drug-likeness (QED) is 0.544. The normalized spacial score (nSPS) is 7.36. The van der Waals surface area contributed by atoms with Gasteiger partial charge in [-0.3, -0.25) is 4.98 Å². The van der Waals surface area contributed by atoms with Crippen molar-refractivity contribution in [2.45, 2.75) is 20.8 Å². The molecule has 0 fully saturated rings. The van der Waals surface area contributed by atoms with Gasteiger partial charge in [0, 0.05) is 18.0 Å². The molecule has 0 aliphatic heterocycles. The first kappa shape index (κ1) is 14.9. The topological polar surface area (TPSA) is 33.1 Å². The van der Waals surface area contributed by atoms with E-state index in [4.69, 9.17) is 5.11 Å². The van der Waals surface area contributed by atoms with Gasteiger partial charge in [-0.15, -0.1) is 13.2 Å². The van der Waals surface area contributed by atoms with Gasteiger partial charge in [0.25, 0.3) is 0 Å². The summed E-state index contributed by atoms with van der Waals surface area (Å²) < 4.78 is 0. The van der Waals surface area contributed by atoms with E-state index in [0.29, 0.717) is 0 Å². The van der Waals surface area contributed by atoms with Crippen LogP contribution in [0.2, 0.25) is 0 Å². The third kappa shape index (κ3) is 5.14. The molecule has 0 aliphatic rings. The lowest BCUT2D eigenvalue weighted by Crippen LogP contribution is -1.86. The molecule has 0 saturated carbocycles. The predicted molar refractivity (Wildman–Crippen MR) is 63.2 cm³/mol. The van der Waals surface area contributed by atoms with Crippen LogP contribution >= 0.6 is 0 Å². The Morgan fingerprint density at radius 1 is 1.36 bits per heavy atom. The van der Waals surface area contributed by atoms with E-state index in [1.807, 2.05) is 20.8 Å². The first-order chi connectivity index (χ1) is 6.72. The summed E-state index contributed by atoms with van der Waals surface area (Å²) in [6.07, 6.45) is 3.32. The number of aliphatic hydroxyl groups excluding tert-OH is 1. The number of rotatable bonds is 1. The van der Waals surface area contributed by atoms with Gasteiger partial charge in [0.1, 0.15) is 5.76 Å². The molecular weight excluding hydrogens is 174 g/mol. The van der Waals surface area contributed by atoms with Crippen molar-refractivity contribution in [3.8, 4) is 0 Å². The molecule has 1 N–H and O–H groups in total. The Hall–Kier alpha value is -1.57. The minimum Gasteiger partial charge on any atom is -0.508 e. The van der Waals surface area contributed by atoms with Gasteiger partial charge >= 0.3 is 0 Å². The highest BCUT2D eigenvalue weighted by molar-refractivity contribution is 5.58. The van der Waals surface area contributed by atoms with E-state index in [9.17, 15) is 0 Å². The number of hydrogen-bond acceptors (Lipinski definition) is 2. The first-order valence-corrected chi connectivity index (χ1v) is 4.50. The fourth-order valence-corrected chi connectivity index (χ4v) is 0.797. The second-order valence-corrected chi connectivity index (χ2v) is 2.14. The van der Waals surface area contributed by atoms with Crippen molar-refractivity contribution in [2.75, 3.05) is 0 Å². The van der Waals surface area contributed by atoms with Crippen LogP contribution in [0.3, 0.4) is 0 Å². The first-order valence-electron chi connectivity index (χ1n) is 4.50. The summed E-state index contributed by atoms with van der Waals surface area (Å²) in [6, 6.07) is 1.73. The van der Waals surface area contributed by atoms with Crippen molar-refractivity contribution in [1.82, 2.24) is 4.98 Å². The maximum atomic E-state index is 8.98. The van der Waals surface area contributed by atoms with Crippen LogP contribution in [0.25, 0.3) is 5.76 Å². The Morgan fingerprint density at radius 3 is 2.14 bits per heavy atom. The van der Waals surface area contributed by atoms with Crippen molar-refractivity contribution >= 4 is 5.76 Å². The van der Waals surface area contributed by atoms with Gasteiger partial charge in [0.15, 0.2) is 0 Å². The Kier molecular flexibility index (Phi) is 10.1. The molecule has 1 aromatic heterocycles. The molecule has 0 spiro atoms. The van der Waals surface area contributed by atoms with Crippen molar-refractivity contribution < 1.29 is 5.11 Å². The number of hydrogen-bond donors (Lipinski definition) is 1. The number of aromatic nitrogens is 1. The summed E-state index contributed by atoms with van der Waals surface area (Å²) in [4.78, 5) is 3.88. The summed E-state index contributed by atoms with van der Waals surface area (Å²) in [5.41, 5.74) is 1.70. The highest BCUT2D eigenvalue weighted by Crippen LogP contribution is 2.11. The van der Waals surface area contributed by atoms with E-state index >= 15 is 0 Å². The SMILES string of the molecule is C=C.C=C(O)c1ccncc1C.CC. The lowest BCUT2D eigenvalue weighted by atomic mass is 10.1. The second kappa shape index (κ2) is 9.52. The van der Waals surface area contributed by atoms with Crippen LogP contribution in [0.4, 0.5) is 0 Å². The van der Waals surface area contributed by atoms with Crippen molar-refractivity contribution in [2.24, 2.45) is 0 Å². The monoisotopic (exact) mass is 193 g/mol. The molecule has 0 bridgehead atoms. The van der Waals surface area contributed by atoms with E-state index in [1.54, 1.807) is 18.5 Å². The van der Waals surface area contributed by atoms with Crippen LogP contribution in [0.5, 0.6) is 0 Å². The predicted octanol–water partition coefficient (Wildman–Crippen LogP) is 3.75. The van der Waals surface area contributed by atoms with Gasteiger partial charge in [-0.1, -0.05) is 20.4 Å². The zero-order valence-corrected chi connectivity index (χ0v) is 9.25. The standard InChI is InChI=1S/C8H9NO.C2H6.C2H4/c1-6-5-9-4-3-8(6)7(2)10;2*1-2/h3-5,10H,2H2,1H3;1-2H3;1-2H2. The van der Waals surface area contributed by atoms with Crippen LogP contribution in [0.15, 0.2) is 38.2 Å². The average Bonchev–Trinajstić information content (AvgIpc) is 2.24. The molecule has 2 nitrogen and oxygen atoms in total. The fraction of sp³-hybridized carbons (Fsp3) is 0.250. The third-order valence-electron chi connectivity index (χ3n) is 1.33. The highest BCUT2D eigenvalue weighted by atomic mass is 16.3. The molecule has 0 atom stereocenters. The number of aliphatic hydroxyl groups is 1. The molecule has 0 aromatic carbocycles. The molecule has 78 valence electrons. The van der Waals surface area contributed by atoms with Gasteiger partial charge in [0.05, 0.1) is 0 Å². The summed E-state index contributed by atoms with van der Waals surface area (Å²) in [5, 5.41) is 8.98. The van der Waals surface area contributed by atoms with E-state index < -0.39 is 0 Å². The van der Waals surface area contributed by atoms with Crippen molar-refractivity contribution in [3.05, 3.63) is 49.3 Å². The summed E-state index contributed by atoms with van der Waals surface area (Å²) in [5.74, 6) is 0.0971. The van der Waals surface area contributed by atoms with Crippen LogP contribution in [-0.4, -0.2) is 10.1 Å². The van der Waals surface area contributed by atoms with Crippen LogP contribution < -0.4 is 0 Å². The summed E-state index contributed by atoms with van der Waals surface area (Å²) in [7, 11) is 0. The molecule has 0 saturated heterocycles. The van der Waals surface area contributed by atoms with Gasteiger partial charge in [-0.25, -0.2) is 0 Å². The zero-order valence-electron chi connectivity index (χ0n) is 9.25. The van der Waals surface area contributed by atoms with Gasteiger partial charge in [0.2, 0.25) is 0 Å². The zero-order chi connectivity index (χ0) is 11.6. The largest absolute Gasteiger partial charge is 0.508 e. The smallest absolute Gasteiger partial charge is 0.116 e. The Morgan fingerprint density at radius 2 is 1.86 bits per heavy atom. The Labute approximate surface area is 86.6 Å². The van der Waals surface area contributed by atoms with Crippen LogP contribution in [0, 0.1) is 6.92 Å². The Bertz CT molecular complexity index is 269. The van der Waals surface area contributed by atoms with Crippen LogP contribution in [-0.2, 0) is 0 Å². The van der Waals surface area contributed by atoms with E-state index in [2.05, 4.69) is 24.7 Å². The van der Waals surface area contributed by atoms with Gasteiger partial charge < -0.3 is 5.11 Å². The van der Waals surface area contributed by atoms with Crippen molar-refractivity contribution in [1.29, 1.82) is 0 Å². The minimum atomic E-state index is 0.0971. The number of pyridine rings is 1. The molecule has 0 aliphatic carbocycles. The maximum absolute atomic E-state index is 8.98. The molecule has 1 rings (SSSR count). The molecule has 1 heterocycles. The van der Waals surface area contributed by atoms with E-state index in [0.717, 1.165) is 11.1 Å². The lowest BCUT2D eigenvalue weighted by molar-refractivity contribution is 0.513. The minimum absolute atomic E-state index is 0.0971. The van der Waals surface area contributed by atoms with E-state index in [-0.39, 0.29) is 5.76 Å². The molecule has 0 unspecified atom stereocenters. The van der Waals surface area contributed by atoms with Crippen molar-refractivity contribution in [3.63, 3.8) is 0 Å². The average molecular weight is 193 g/mol. The number of aryl methyl sites for hydroxylation is 1. The Balaban J connectivity index is 0. The second-order valence-electron chi connectivity index (χ2n) is 2.14. The van der Waals surface area contributed by atoms with E-state index in [1.165, 1.54) is 0 Å². The van der Waals surface area contributed by atoms with Gasteiger partial charge in [-0.2, -0.15) is 0 Å².